The second kappa shape index (κ2) is 12.6. The Hall–Kier alpha value is -3.55. The van der Waals surface area contributed by atoms with Crippen molar-refractivity contribution in [3.63, 3.8) is 0 Å². The van der Waals surface area contributed by atoms with Gasteiger partial charge in [0.2, 0.25) is 0 Å². The van der Waals surface area contributed by atoms with E-state index in [1.165, 1.54) is 7.11 Å². The normalized spacial score (nSPS) is 11.5. The Kier molecular flexibility index (Phi) is 9.31. The molecular weight excluding hydrogens is 458 g/mol. The first kappa shape index (κ1) is 25.1. The number of aliphatic carboxylic acids is 1. The fourth-order valence-corrected chi connectivity index (χ4v) is 3.35. The van der Waals surface area contributed by atoms with Gasteiger partial charge in [0.15, 0.2) is 6.10 Å². The SMILES string of the molecule is CO[C@@H](Cc1ccc(OCCCOc2ccc(NC(=O)c3ccccc3Cl)cc2)cc1)C(=O)O. The van der Waals surface area contributed by atoms with Crippen molar-refractivity contribution >= 4 is 29.2 Å². The van der Waals surface area contributed by atoms with Crippen LogP contribution in [0.25, 0.3) is 0 Å². The molecule has 3 aromatic rings. The van der Waals surface area contributed by atoms with E-state index in [1.807, 2.05) is 12.1 Å². The van der Waals surface area contributed by atoms with Crippen LogP contribution in [0.1, 0.15) is 22.3 Å². The second-order valence-electron chi connectivity index (χ2n) is 7.42. The molecule has 7 nitrogen and oxygen atoms in total. The number of anilines is 1. The molecular formula is C26H26ClNO6. The molecule has 0 fully saturated rings. The van der Waals surface area contributed by atoms with E-state index in [0.29, 0.717) is 53.8 Å². The number of ether oxygens (including phenoxy) is 3. The average molecular weight is 484 g/mol. The number of amides is 1. The van der Waals surface area contributed by atoms with Crippen molar-refractivity contribution in [2.24, 2.45) is 0 Å². The lowest BCUT2D eigenvalue weighted by Gasteiger charge is -2.11. The van der Waals surface area contributed by atoms with Crippen molar-refractivity contribution < 1.29 is 28.9 Å². The summed E-state index contributed by atoms with van der Waals surface area (Å²) >= 11 is 6.06. The molecule has 0 radical (unpaired) electrons. The van der Waals surface area contributed by atoms with Crippen LogP contribution in [0, 0.1) is 0 Å². The smallest absolute Gasteiger partial charge is 0.333 e. The number of carboxylic acids is 1. The van der Waals surface area contributed by atoms with Gasteiger partial charge in [0.25, 0.3) is 5.91 Å². The predicted molar refractivity (Wildman–Crippen MR) is 130 cm³/mol. The predicted octanol–water partition coefficient (Wildman–Crippen LogP) is 5.08. The van der Waals surface area contributed by atoms with E-state index in [-0.39, 0.29) is 5.91 Å². The summed E-state index contributed by atoms with van der Waals surface area (Å²) in [6.07, 6.45) is 0.108. The maximum absolute atomic E-state index is 12.3. The van der Waals surface area contributed by atoms with Gasteiger partial charge in [-0.2, -0.15) is 0 Å². The van der Waals surface area contributed by atoms with Gasteiger partial charge in [0.05, 0.1) is 23.8 Å². The topological polar surface area (TPSA) is 94.1 Å². The lowest BCUT2D eigenvalue weighted by atomic mass is 10.1. The average Bonchev–Trinajstić information content (AvgIpc) is 2.84. The van der Waals surface area contributed by atoms with Crippen LogP contribution in [0.2, 0.25) is 5.02 Å². The lowest BCUT2D eigenvalue weighted by Crippen LogP contribution is -2.24. The summed E-state index contributed by atoms with van der Waals surface area (Å²) in [5, 5.41) is 12.3. The van der Waals surface area contributed by atoms with Gasteiger partial charge in [0.1, 0.15) is 11.5 Å². The molecule has 8 heteroatoms. The minimum absolute atomic E-state index is 0.273. The van der Waals surface area contributed by atoms with E-state index < -0.39 is 12.1 Å². The highest BCUT2D eigenvalue weighted by Gasteiger charge is 2.16. The summed E-state index contributed by atoms with van der Waals surface area (Å²) in [7, 11) is 1.38. The Labute approximate surface area is 203 Å². The zero-order valence-corrected chi connectivity index (χ0v) is 19.5. The molecule has 34 heavy (non-hydrogen) atoms. The van der Waals surface area contributed by atoms with Gasteiger partial charge in [0, 0.05) is 25.6 Å². The van der Waals surface area contributed by atoms with Crippen molar-refractivity contribution in [3.05, 3.63) is 88.9 Å². The molecule has 0 spiro atoms. The molecule has 3 rings (SSSR count). The molecule has 1 amide bonds. The molecule has 0 saturated heterocycles. The van der Waals surface area contributed by atoms with Crippen LogP contribution < -0.4 is 14.8 Å². The van der Waals surface area contributed by atoms with E-state index in [9.17, 15) is 9.59 Å². The zero-order chi connectivity index (χ0) is 24.3. The number of halogens is 1. The van der Waals surface area contributed by atoms with Crippen LogP contribution in [0.3, 0.4) is 0 Å². The van der Waals surface area contributed by atoms with E-state index >= 15 is 0 Å². The van der Waals surface area contributed by atoms with Gasteiger partial charge < -0.3 is 24.6 Å². The fourth-order valence-electron chi connectivity index (χ4n) is 3.12. The van der Waals surface area contributed by atoms with E-state index in [1.54, 1.807) is 60.7 Å². The minimum Gasteiger partial charge on any atom is -0.493 e. The number of hydrogen-bond acceptors (Lipinski definition) is 5. The number of carboxylic acid groups (broad SMARTS) is 1. The van der Waals surface area contributed by atoms with Crippen molar-refractivity contribution in [3.8, 4) is 11.5 Å². The largest absolute Gasteiger partial charge is 0.493 e. The van der Waals surface area contributed by atoms with Crippen LogP contribution >= 0.6 is 11.6 Å². The Morgan fingerprint density at radius 2 is 1.50 bits per heavy atom. The monoisotopic (exact) mass is 483 g/mol. The third-order valence-electron chi connectivity index (χ3n) is 4.96. The first-order valence-electron chi connectivity index (χ1n) is 10.7. The Morgan fingerprint density at radius 3 is 2.06 bits per heavy atom. The van der Waals surface area contributed by atoms with Gasteiger partial charge >= 0.3 is 5.97 Å². The van der Waals surface area contributed by atoms with Gasteiger partial charge in [-0.1, -0.05) is 35.9 Å². The highest BCUT2D eigenvalue weighted by Crippen LogP contribution is 2.20. The Bertz CT molecular complexity index is 1090. The first-order chi connectivity index (χ1) is 16.5. The number of carbonyl (C=O) groups excluding carboxylic acids is 1. The molecule has 0 heterocycles. The summed E-state index contributed by atoms with van der Waals surface area (Å²) in [5.74, 6) is 0.127. The van der Waals surface area contributed by atoms with Crippen molar-refractivity contribution in [1.82, 2.24) is 0 Å². The van der Waals surface area contributed by atoms with Crippen LogP contribution in [-0.2, 0) is 16.0 Å². The number of methoxy groups -OCH3 is 1. The molecule has 0 aliphatic heterocycles. The molecule has 0 aliphatic carbocycles. The summed E-state index contributed by atoms with van der Waals surface area (Å²) < 4.78 is 16.4. The zero-order valence-electron chi connectivity index (χ0n) is 18.7. The van der Waals surface area contributed by atoms with Crippen LogP contribution in [0.4, 0.5) is 5.69 Å². The molecule has 178 valence electrons. The molecule has 0 aliphatic rings. The third kappa shape index (κ3) is 7.50. The van der Waals surface area contributed by atoms with Gasteiger partial charge in [-0.25, -0.2) is 4.79 Å². The van der Waals surface area contributed by atoms with Crippen LogP contribution in [0.5, 0.6) is 11.5 Å². The van der Waals surface area contributed by atoms with Gasteiger partial charge in [-0.15, -0.1) is 0 Å². The van der Waals surface area contributed by atoms with E-state index in [2.05, 4.69) is 5.32 Å². The molecule has 0 aromatic heterocycles. The van der Waals surface area contributed by atoms with Crippen molar-refractivity contribution in [2.75, 3.05) is 25.6 Å². The molecule has 0 unspecified atom stereocenters. The highest BCUT2D eigenvalue weighted by atomic mass is 35.5. The standard InChI is InChI=1S/C26H26ClNO6/c1-32-24(26(30)31)17-18-7-11-20(12-8-18)33-15-4-16-34-21-13-9-19(10-14-21)28-25(29)22-5-2-3-6-23(22)27/h2-3,5-14,24H,4,15-17H2,1H3,(H,28,29)(H,30,31)/t24-/m0/s1. The van der Waals surface area contributed by atoms with E-state index in [4.69, 9.17) is 30.9 Å². The lowest BCUT2D eigenvalue weighted by molar-refractivity contribution is -0.148. The molecule has 2 N–H and O–H groups in total. The number of nitrogens with one attached hydrogen (secondary N) is 1. The van der Waals surface area contributed by atoms with Crippen LogP contribution in [-0.4, -0.2) is 43.4 Å². The number of hydrogen-bond donors (Lipinski definition) is 2. The molecule has 3 aromatic carbocycles. The fraction of sp³-hybridized carbons (Fsp3) is 0.231. The van der Waals surface area contributed by atoms with Crippen molar-refractivity contribution in [2.45, 2.75) is 18.9 Å². The Balaban J connectivity index is 1.37. The molecule has 1 atom stereocenters. The number of benzene rings is 3. The summed E-state index contributed by atoms with van der Waals surface area (Å²) in [4.78, 5) is 23.4. The Morgan fingerprint density at radius 1 is 0.912 bits per heavy atom. The number of rotatable bonds is 12. The van der Waals surface area contributed by atoms with Crippen LogP contribution in [0.15, 0.2) is 72.8 Å². The van der Waals surface area contributed by atoms with Gasteiger partial charge in [-0.3, -0.25) is 4.79 Å². The number of carbonyl (C=O) groups is 2. The summed E-state index contributed by atoms with van der Waals surface area (Å²) in [5.41, 5.74) is 1.92. The summed E-state index contributed by atoms with van der Waals surface area (Å²) in [6, 6.07) is 21.2. The molecule has 0 bridgehead atoms. The third-order valence-corrected chi connectivity index (χ3v) is 5.29. The maximum Gasteiger partial charge on any atom is 0.333 e. The maximum atomic E-state index is 12.3. The molecule has 0 saturated carbocycles. The van der Waals surface area contributed by atoms with Gasteiger partial charge in [-0.05, 0) is 54.1 Å². The van der Waals surface area contributed by atoms with E-state index in [0.717, 1.165) is 5.56 Å². The summed E-state index contributed by atoms with van der Waals surface area (Å²) in [6.45, 7) is 0.943. The minimum atomic E-state index is -0.987. The second-order valence-corrected chi connectivity index (χ2v) is 7.83. The highest BCUT2D eigenvalue weighted by molar-refractivity contribution is 6.34. The van der Waals surface area contributed by atoms with Crippen molar-refractivity contribution in [1.29, 1.82) is 0 Å². The quantitative estimate of drug-likeness (QED) is 0.349. The first-order valence-corrected chi connectivity index (χ1v) is 11.1.